The number of carbonyl (C=O) groups is 1. The molecule has 1 amide bonds. The Morgan fingerprint density at radius 1 is 1.32 bits per heavy atom. The highest BCUT2D eigenvalue weighted by molar-refractivity contribution is 6.48. The van der Waals surface area contributed by atoms with Gasteiger partial charge >= 0.3 is 0 Å². The molecule has 0 atom stereocenters. The van der Waals surface area contributed by atoms with E-state index >= 15 is 0 Å². The van der Waals surface area contributed by atoms with E-state index in [4.69, 9.17) is 34.8 Å². The van der Waals surface area contributed by atoms with Crippen molar-refractivity contribution in [1.82, 2.24) is 20.5 Å². The number of nitrogens with one attached hydrogen (secondary N) is 2. The smallest absolute Gasteiger partial charge is 0.271 e. The van der Waals surface area contributed by atoms with Gasteiger partial charge in [-0.3, -0.25) is 9.89 Å². The Morgan fingerprint density at radius 2 is 2.05 bits per heavy atom. The summed E-state index contributed by atoms with van der Waals surface area (Å²) in [6.45, 7) is 2.18. The third-order valence-electron chi connectivity index (χ3n) is 2.51. The van der Waals surface area contributed by atoms with Gasteiger partial charge in [0.25, 0.3) is 5.91 Å². The van der Waals surface area contributed by atoms with Gasteiger partial charge in [-0.05, 0) is 6.92 Å². The van der Waals surface area contributed by atoms with Gasteiger partial charge in [-0.25, -0.2) is 4.98 Å². The fourth-order valence-electron chi connectivity index (χ4n) is 1.41. The molecule has 0 spiro atoms. The van der Waals surface area contributed by atoms with Gasteiger partial charge < -0.3 is 5.32 Å². The van der Waals surface area contributed by atoms with E-state index in [1.54, 1.807) is 6.20 Å². The van der Waals surface area contributed by atoms with Gasteiger partial charge in [-0.15, -0.1) is 0 Å². The maximum absolute atomic E-state index is 11.9. The topological polar surface area (TPSA) is 70.7 Å². The van der Waals surface area contributed by atoms with Crippen molar-refractivity contribution >= 4 is 40.7 Å². The Hall–Kier alpha value is -1.30. The van der Waals surface area contributed by atoms with Crippen LogP contribution < -0.4 is 5.32 Å². The van der Waals surface area contributed by atoms with Crippen LogP contribution in [0.15, 0.2) is 12.4 Å². The number of hydrogen-bond acceptors (Lipinski definition) is 3. The number of rotatable bonds is 3. The molecule has 0 bridgehead atoms. The number of H-pyrrole nitrogens is 1. The van der Waals surface area contributed by atoms with Crippen molar-refractivity contribution in [2.45, 2.75) is 13.5 Å². The van der Waals surface area contributed by atoms with Crippen molar-refractivity contribution in [2.75, 3.05) is 0 Å². The molecule has 19 heavy (non-hydrogen) atoms. The van der Waals surface area contributed by atoms with E-state index in [0.717, 1.165) is 11.3 Å². The molecule has 0 fully saturated rings. The molecular weight excluding hydrogens is 311 g/mol. The summed E-state index contributed by atoms with van der Waals surface area (Å²) in [6, 6.07) is 0. The van der Waals surface area contributed by atoms with Gasteiger partial charge in [0, 0.05) is 24.0 Å². The number of halogens is 3. The number of aromatic amines is 1. The van der Waals surface area contributed by atoms with Gasteiger partial charge in [0.15, 0.2) is 0 Å². The van der Waals surface area contributed by atoms with E-state index in [1.165, 1.54) is 6.20 Å². The first-order chi connectivity index (χ1) is 9.00. The molecule has 0 aromatic carbocycles. The SMILES string of the molecule is Cc1[nH]ncc1CNC(=O)c1ncc(Cl)c(Cl)c1Cl. The third-order valence-corrected chi connectivity index (χ3v) is 3.75. The minimum Gasteiger partial charge on any atom is -0.346 e. The van der Waals surface area contributed by atoms with Crippen LogP contribution in [0.2, 0.25) is 15.1 Å². The first-order valence-corrected chi connectivity index (χ1v) is 6.40. The number of amides is 1. The maximum Gasteiger partial charge on any atom is 0.271 e. The molecule has 0 saturated carbocycles. The van der Waals surface area contributed by atoms with E-state index in [9.17, 15) is 4.79 Å². The molecule has 2 rings (SSSR count). The van der Waals surface area contributed by atoms with Gasteiger partial charge in [-0.1, -0.05) is 34.8 Å². The lowest BCUT2D eigenvalue weighted by atomic mass is 10.2. The van der Waals surface area contributed by atoms with Gasteiger partial charge in [0.1, 0.15) is 5.69 Å². The summed E-state index contributed by atoms with van der Waals surface area (Å²) in [7, 11) is 0. The summed E-state index contributed by atoms with van der Waals surface area (Å²) < 4.78 is 0. The summed E-state index contributed by atoms with van der Waals surface area (Å²) in [5.74, 6) is -0.427. The quantitative estimate of drug-likeness (QED) is 0.913. The number of aryl methyl sites for hydroxylation is 1. The van der Waals surface area contributed by atoms with Gasteiger partial charge in [0.05, 0.1) is 21.3 Å². The molecule has 5 nitrogen and oxygen atoms in total. The highest BCUT2D eigenvalue weighted by atomic mass is 35.5. The first kappa shape index (κ1) is 14.1. The molecule has 0 aliphatic heterocycles. The van der Waals surface area contributed by atoms with Crippen molar-refractivity contribution < 1.29 is 4.79 Å². The van der Waals surface area contributed by atoms with Crippen LogP contribution in [0.3, 0.4) is 0 Å². The molecule has 2 aromatic rings. The molecule has 0 aliphatic rings. The summed E-state index contributed by atoms with van der Waals surface area (Å²) in [5.41, 5.74) is 1.80. The van der Waals surface area contributed by atoms with Crippen LogP contribution in [0.25, 0.3) is 0 Å². The largest absolute Gasteiger partial charge is 0.346 e. The van der Waals surface area contributed by atoms with Crippen LogP contribution >= 0.6 is 34.8 Å². The van der Waals surface area contributed by atoms with Crippen molar-refractivity contribution in [3.8, 4) is 0 Å². The number of nitrogens with zero attached hydrogens (tertiary/aromatic N) is 2. The lowest BCUT2D eigenvalue weighted by Gasteiger charge is -2.07. The minimum absolute atomic E-state index is 0.0376. The highest BCUT2D eigenvalue weighted by Crippen LogP contribution is 2.30. The molecule has 2 aromatic heterocycles. The highest BCUT2D eigenvalue weighted by Gasteiger charge is 2.17. The van der Waals surface area contributed by atoms with Crippen LogP contribution in [0.1, 0.15) is 21.7 Å². The van der Waals surface area contributed by atoms with Crippen LogP contribution in [-0.4, -0.2) is 21.1 Å². The van der Waals surface area contributed by atoms with Crippen molar-refractivity contribution in [3.05, 3.63) is 44.4 Å². The second kappa shape index (κ2) is 5.77. The Bertz CT molecular complexity index is 626. The molecule has 2 N–H and O–H groups in total. The lowest BCUT2D eigenvalue weighted by Crippen LogP contribution is -2.24. The standard InChI is InChI=1S/C11H9Cl3N4O/c1-5-6(3-17-18-5)2-16-11(19)10-9(14)8(13)7(12)4-15-10/h3-4H,2H2,1H3,(H,16,19)(H,17,18). The van der Waals surface area contributed by atoms with Crippen molar-refractivity contribution in [1.29, 1.82) is 0 Å². The monoisotopic (exact) mass is 318 g/mol. The van der Waals surface area contributed by atoms with E-state index in [-0.39, 0.29) is 20.8 Å². The predicted molar refractivity (Wildman–Crippen MR) is 73.8 cm³/mol. The molecule has 8 heteroatoms. The molecule has 0 saturated heterocycles. The molecule has 0 radical (unpaired) electrons. The summed E-state index contributed by atoms with van der Waals surface area (Å²) in [4.78, 5) is 15.8. The van der Waals surface area contributed by atoms with Crippen LogP contribution in [0.5, 0.6) is 0 Å². The van der Waals surface area contributed by atoms with Gasteiger partial charge in [-0.2, -0.15) is 5.10 Å². The van der Waals surface area contributed by atoms with Crippen LogP contribution in [0, 0.1) is 6.92 Å². The minimum atomic E-state index is -0.427. The maximum atomic E-state index is 11.9. The fourth-order valence-corrected chi connectivity index (χ4v) is 1.98. The molecule has 100 valence electrons. The summed E-state index contributed by atoms with van der Waals surface area (Å²) in [5, 5.41) is 9.67. The summed E-state index contributed by atoms with van der Waals surface area (Å²) in [6.07, 6.45) is 2.92. The third kappa shape index (κ3) is 3.00. The van der Waals surface area contributed by atoms with E-state index in [2.05, 4.69) is 20.5 Å². The average molecular weight is 320 g/mol. The van der Waals surface area contributed by atoms with Crippen LogP contribution in [-0.2, 0) is 6.54 Å². The number of carbonyl (C=O) groups excluding carboxylic acids is 1. The molecule has 2 heterocycles. The normalized spacial score (nSPS) is 10.5. The zero-order valence-corrected chi connectivity index (χ0v) is 12.1. The zero-order chi connectivity index (χ0) is 14.0. The molecule has 0 unspecified atom stereocenters. The fraction of sp³-hybridized carbons (Fsp3) is 0.182. The Morgan fingerprint density at radius 3 is 2.68 bits per heavy atom. The first-order valence-electron chi connectivity index (χ1n) is 5.27. The van der Waals surface area contributed by atoms with E-state index < -0.39 is 5.91 Å². The van der Waals surface area contributed by atoms with E-state index in [0.29, 0.717) is 6.54 Å². The second-order valence-electron chi connectivity index (χ2n) is 3.79. The molecule has 0 aliphatic carbocycles. The van der Waals surface area contributed by atoms with Gasteiger partial charge in [0.2, 0.25) is 0 Å². The molecular formula is C11H9Cl3N4O. The average Bonchev–Trinajstić information content (AvgIpc) is 2.79. The number of aromatic nitrogens is 3. The number of hydrogen-bond donors (Lipinski definition) is 2. The van der Waals surface area contributed by atoms with E-state index in [1.807, 2.05) is 6.92 Å². The number of pyridine rings is 1. The second-order valence-corrected chi connectivity index (χ2v) is 4.95. The Labute approximate surface area is 124 Å². The van der Waals surface area contributed by atoms with Crippen LogP contribution in [0.4, 0.5) is 0 Å². The Kier molecular flexibility index (Phi) is 4.29. The Balaban J connectivity index is 2.13. The van der Waals surface area contributed by atoms with Crippen molar-refractivity contribution in [2.24, 2.45) is 0 Å². The zero-order valence-electron chi connectivity index (χ0n) is 9.80. The van der Waals surface area contributed by atoms with Crippen molar-refractivity contribution in [3.63, 3.8) is 0 Å². The lowest BCUT2D eigenvalue weighted by molar-refractivity contribution is 0.0946. The summed E-state index contributed by atoms with van der Waals surface area (Å²) >= 11 is 17.5. The predicted octanol–water partition coefficient (Wildman–Crippen LogP) is 3.00.